The Morgan fingerprint density at radius 2 is 1.65 bits per heavy atom. The molecule has 0 saturated carbocycles. The number of rotatable bonds is 2. The second-order valence-corrected chi connectivity index (χ2v) is 4.99. The van der Waals surface area contributed by atoms with Gasteiger partial charge in [-0.15, -0.1) is 0 Å². The number of aromatic nitrogens is 2. The minimum absolute atomic E-state index is 0.0937. The number of para-hydroxylation sites is 1. The predicted molar refractivity (Wildman–Crippen MR) is 81.3 cm³/mol. The smallest absolute Gasteiger partial charge is 0.265 e. The van der Waals surface area contributed by atoms with E-state index in [4.69, 9.17) is 0 Å². The summed E-state index contributed by atoms with van der Waals surface area (Å²) >= 11 is 0. The SMILES string of the molecule is Cc1ccc(-c2cc(=O)[nH]n2-c2ccccc2C)cc1. The Bertz CT molecular complexity index is 794. The lowest BCUT2D eigenvalue weighted by atomic mass is 10.1. The predicted octanol–water partition coefficient (Wildman–Crippen LogP) is 3.45. The molecule has 3 nitrogen and oxygen atoms in total. The molecule has 100 valence electrons. The topological polar surface area (TPSA) is 37.8 Å². The van der Waals surface area contributed by atoms with Crippen LogP contribution in [0.2, 0.25) is 0 Å². The minimum atomic E-state index is -0.0937. The van der Waals surface area contributed by atoms with Gasteiger partial charge in [-0.2, -0.15) is 0 Å². The Labute approximate surface area is 117 Å². The van der Waals surface area contributed by atoms with Crippen molar-refractivity contribution < 1.29 is 0 Å². The lowest BCUT2D eigenvalue weighted by molar-refractivity contribution is 0.864. The summed E-state index contributed by atoms with van der Waals surface area (Å²) in [5.41, 5.74) is 5.12. The van der Waals surface area contributed by atoms with Crippen molar-refractivity contribution >= 4 is 0 Å². The van der Waals surface area contributed by atoms with Crippen molar-refractivity contribution in [3.05, 3.63) is 76.1 Å². The number of benzene rings is 2. The minimum Gasteiger partial charge on any atom is -0.268 e. The molecule has 3 heteroatoms. The van der Waals surface area contributed by atoms with Crippen LogP contribution in [0, 0.1) is 13.8 Å². The first-order chi connectivity index (χ1) is 9.65. The molecule has 3 rings (SSSR count). The van der Waals surface area contributed by atoms with Crippen LogP contribution in [-0.2, 0) is 0 Å². The summed E-state index contributed by atoms with van der Waals surface area (Å²) in [5, 5.41) is 2.88. The van der Waals surface area contributed by atoms with E-state index < -0.39 is 0 Å². The molecule has 1 heterocycles. The third-order valence-electron chi connectivity index (χ3n) is 3.43. The highest BCUT2D eigenvalue weighted by atomic mass is 16.1. The van der Waals surface area contributed by atoms with Crippen LogP contribution in [0.1, 0.15) is 11.1 Å². The summed E-state index contributed by atoms with van der Waals surface area (Å²) in [5.74, 6) is 0. The van der Waals surface area contributed by atoms with E-state index in [-0.39, 0.29) is 5.56 Å². The van der Waals surface area contributed by atoms with Gasteiger partial charge in [0.1, 0.15) is 0 Å². The van der Waals surface area contributed by atoms with Gasteiger partial charge >= 0.3 is 0 Å². The summed E-state index contributed by atoms with van der Waals surface area (Å²) in [7, 11) is 0. The molecular formula is C17H16N2O. The Morgan fingerprint density at radius 3 is 2.35 bits per heavy atom. The molecule has 0 unspecified atom stereocenters. The average Bonchev–Trinajstić information content (AvgIpc) is 2.82. The van der Waals surface area contributed by atoms with Crippen LogP contribution < -0.4 is 5.56 Å². The monoisotopic (exact) mass is 264 g/mol. The zero-order valence-electron chi connectivity index (χ0n) is 11.6. The second-order valence-electron chi connectivity index (χ2n) is 4.99. The van der Waals surface area contributed by atoms with Crippen LogP contribution in [0.25, 0.3) is 16.9 Å². The molecular weight excluding hydrogens is 248 g/mol. The Balaban J connectivity index is 2.21. The Hall–Kier alpha value is -2.55. The lowest BCUT2D eigenvalue weighted by Crippen LogP contribution is -2.05. The molecule has 0 bridgehead atoms. The maximum Gasteiger partial charge on any atom is 0.265 e. The molecule has 0 spiro atoms. The van der Waals surface area contributed by atoms with Gasteiger partial charge in [-0.1, -0.05) is 48.0 Å². The van der Waals surface area contributed by atoms with Gasteiger partial charge in [0.25, 0.3) is 5.56 Å². The first-order valence-electron chi connectivity index (χ1n) is 6.60. The molecule has 0 aliphatic heterocycles. The summed E-state index contributed by atoms with van der Waals surface area (Å²) in [6, 6.07) is 17.8. The number of nitrogens with one attached hydrogen (secondary N) is 1. The van der Waals surface area contributed by atoms with E-state index in [0.29, 0.717) is 0 Å². The van der Waals surface area contributed by atoms with Crippen molar-refractivity contribution in [3.63, 3.8) is 0 Å². The van der Waals surface area contributed by atoms with Crippen molar-refractivity contribution in [2.24, 2.45) is 0 Å². The Kier molecular flexibility index (Phi) is 3.03. The number of aromatic amines is 1. The van der Waals surface area contributed by atoms with Crippen LogP contribution in [0.5, 0.6) is 0 Å². The van der Waals surface area contributed by atoms with Crippen LogP contribution >= 0.6 is 0 Å². The molecule has 0 amide bonds. The third-order valence-corrected chi connectivity index (χ3v) is 3.43. The maximum absolute atomic E-state index is 11.8. The molecule has 0 fully saturated rings. The molecule has 0 radical (unpaired) electrons. The van der Waals surface area contributed by atoms with Crippen molar-refractivity contribution in [3.8, 4) is 16.9 Å². The van der Waals surface area contributed by atoms with Gasteiger partial charge in [-0.25, -0.2) is 0 Å². The summed E-state index contributed by atoms with van der Waals surface area (Å²) < 4.78 is 1.85. The lowest BCUT2D eigenvalue weighted by Gasteiger charge is -2.11. The highest BCUT2D eigenvalue weighted by Crippen LogP contribution is 2.22. The van der Waals surface area contributed by atoms with Gasteiger partial charge in [-0.3, -0.25) is 14.6 Å². The van der Waals surface area contributed by atoms with Crippen molar-refractivity contribution in [2.75, 3.05) is 0 Å². The van der Waals surface area contributed by atoms with E-state index in [2.05, 4.69) is 24.2 Å². The largest absolute Gasteiger partial charge is 0.268 e. The normalized spacial score (nSPS) is 10.7. The molecule has 1 aromatic heterocycles. The van der Waals surface area contributed by atoms with Gasteiger partial charge in [0.2, 0.25) is 0 Å². The van der Waals surface area contributed by atoms with E-state index in [1.807, 2.05) is 48.0 Å². The fourth-order valence-electron chi connectivity index (χ4n) is 2.33. The molecule has 0 atom stereocenters. The second kappa shape index (κ2) is 4.85. The van der Waals surface area contributed by atoms with Crippen LogP contribution in [-0.4, -0.2) is 9.78 Å². The van der Waals surface area contributed by atoms with Crippen molar-refractivity contribution in [1.82, 2.24) is 9.78 Å². The molecule has 2 aromatic carbocycles. The van der Waals surface area contributed by atoms with Gasteiger partial charge in [0, 0.05) is 11.6 Å². The number of hydrogen-bond acceptors (Lipinski definition) is 1. The standard InChI is InChI=1S/C17H16N2O/c1-12-7-9-14(10-8-12)16-11-17(20)18-19(16)15-6-4-3-5-13(15)2/h3-11H,1-2H3,(H,18,20). The highest BCUT2D eigenvalue weighted by Gasteiger charge is 2.10. The average molecular weight is 264 g/mol. The third kappa shape index (κ3) is 2.18. The zero-order chi connectivity index (χ0) is 14.1. The van der Waals surface area contributed by atoms with Gasteiger partial charge in [-0.05, 0) is 25.5 Å². The van der Waals surface area contributed by atoms with Crippen molar-refractivity contribution in [1.29, 1.82) is 0 Å². The van der Waals surface area contributed by atoms with Crippen LogP contribution in [0.3, 0.4) is 0 Å². The van der Waals surface area contributed by atoms with E-state index in [1.165, 1.54) is 5.56 Å². The van der Waals surface area contributed by atoms with Crippen molar-refractivity contribution in [2.45, 2.75) is 13.8 Å². The maximum atomic E-state index is 11.8. The molecule has 0 saturated heterocycles. The molecule has 20 heavy (non-hydrogen) atoms. The van der Waals surface area contributed by atoms with Gasteiger partial charge < -0.3 is 0 Å². The fourth-order valence-corrected chi connectivity index (χ4v) is 2.33. The number of hydrogen-bond donors (Lipinski definition) is 1. The number of nitrogens with zero attached hydrogens (tertiary/aromatic N) is 1. The molecule has 0 aliphatic rings. The van der Waals surface area contributed by atoms with Gasteiger partial charge in [0.05, 0.1) is 11.4 Å². The van der Waals surface area contributed by atoms with Gasteiger partial charge in [0.15, 0.2) is 0 Å². The fraction of sp³-hybridized carbons (Fsp3) is 0.118. The molecule has 1 N–H and O–H groups in total. The summed E-state index contributed by atoms with van der Waals surface area (Å²) in [4.78, 5) is 11.8. The van der Waals surface area contributed by atoms with Crippen LogP contribution in [0.15, 0.2) is 59.4 Å². The first-order valence-corrected chi connectivity index (χ1v) is 6.60. The van der Waals surface area contributed by atoms with E-state index in [1.54, 1.807) is 6.07 Å². The number of aryl methyl sites for hydroxylation is 2. The van der Waals surface area contributed by atoms with E-state index in [0.717, 1.165) is 22.5 Å². The molecule has 3 aromatic rings. The quantitative estimate of drug-likeness (QED) is 0.756. The summed E-state index contributed by atoms with van der Waals surface area (Å²) in [6.45, 7) is 4.09. The Morgan fingerprint density at radius 1 is 0.950 bits per heavy atom. The first kappa shape index (κ1) is 12.5. The zero-order valence-corrected chi connectivity index (χ0v) is 11.6. The molecule has 0 aliphatic carbocycles. The summed E-state index contributed by atoms with van der Waals surface area (Å²) in [6.07, 6.45) is 0. The highest BCUT2D eigenvalue weighted by molar-refractivity contribution is 5.62. The van der Waals surface area contributed by atoms with E-state index in [9.17, 15) is 4.79 Å². The number of H-pyrrole nitrogens is 1. The van der Waals surface area contributed by atoms with E-state index >= 15 is 0 Å². The van der Waals surface area contributed by atoms with Crippen LogP contribution in [0.4, 0.5) is 0 Å².